The molecule has 0 amide bonds. The van der Waals surface area contributed by atoms with Gasteiger partial charge < -0.3 is 10.2 Å². The van der Waals surface area contributed by atoms with Gasteiger partial charge in [0.15, 0.2) is 0 Å². The Morgan fingerprint density at radius 2 is 2.10 bits per heavy atom. The summed E-state index contributed by atoms with van der Waals surface area (Å²) in [5.74, 6) is 0.163. The van der Waals surface area contributed by atoms with Gasteiger partial charge in [-0.3, -0.25) is 4.79 Å². The molecular formula is C7H10N2O. The Bertz CT molecular complexity index is 172. The molecule has 0 saturated carbocycles. The topological polar surface area (TPSA) is 32.3 Å². The fraction of sp³-hybridized carbons (Fsp3) is 0.286. The van der Waals surface area contributed by atoms with Crippen LogP contribution in [-0.2, 0) is 4.79 Å². The molecule has 1 aliphatic heterocycles. The first-order valence-corrected chi connectivity index (χ1v) is 3.13. The number of nitrogens with one attached hydrogen (secondary N) is 1. The van der Waals surface area contributed by atoms with E-state index in [4.69, 9.17) is 0 Å². The van der Waals surface area contributed by atoms with E-state index >= 15 is 0 Å². The first-order valence-electron chi connectivity index (χ1n) is 3.13. The van der Waals surface area contributed by atoms with Gasteiger partial charge >= 0.3 is 0 Å². The number of nitrogens with zero attached hydrogens (tertiary/aromatic N) is 1. The summed E-state index contributed by atoms with van der Waals surface area (Å²) in [4.78, 5) is 12.4. The number of carbonyl (C=O) groups is 1. The number of Topliss-reactive ketones (excluding diaryl/α,β-unsaturated/α-hetero) is 1. The molecule has 0 aromatic heterocycles. The summed E-state index contributed by atoms with van der Waals surface area (Å²) < 4.78 is 0. The Morgan fingerprint density at radius 1 is 1.50 bits per heavy atom. The van der Waals surface area contributed by atoms with Crippen molar-refractivity contribution >= 4 is 5.78 Å². The van der Waals surface area contributed by atoms with E-state index in [0.29, 0.717) is 6.54 Å². The number of ketones is 1. The third-order valence-electron chi connectivity index (χ3n) is 1.13. The van der Waals surface area contributed by atoms with E-state index in [0.717, 1.165) is 0 Å². The van der Waals surface area contributed by atoms with Crippen molar-refractivity contribution in [1.82, 2.24) is 10.2 Å². The van der Waals surface area contributed by atoms with Crippen LogP contribution in [0.15, 0.2) is 24.8 Å². The maximum atomic E-state index is 10.6. The molecule has 10 heavy (non-hydrogen) atoms. The lowest BCUT2D eigenvalue weighted by atomic mass is 10.4. The van der Waals surface area contributed by atoms with Gasteiger partial charge in [0.1, 0.15) is 5.78 Å². The van der Waals surface area contributed by atoms with Crippen LogP contribution in [0.2, 0.25) is 0 Å². The summed E-state index contributed by atoms with van der Waals surface area (Å²) in [6.07, 6.45) is 7.20. The van der Waals surface area contributed by atoms with E-state index in [-0.39, 0.29) is 5.78 Å². The van der Waals surface area contributed by atoms with Crippen LogP contribution in [0.4, 0.5) is 0 Å². The lowest BCUT2D eigenvalue weighted by molar-refractivity contribution is -0.117. The highest BCUT2D eigenvalue weighted by molar-refractivity contribution is 5.77. The fourth-order valence-electron chi connectivity index (χ4n) is 0.745. The first-order chi connectivity index (χ1) is 4.79. The largest absolute Gasteiger partial charge is 0.365 e. The highest BCUT2D eigenvalue weighted by Crippen LogP contribution is 1.94. The minimum atomic E-state index is 0.163. The molecule has 0 aromatic rings. The van der Waals surface area contributed by atoms with Crippen LogP contribution in [0.5, 0.6) is 0 Å². The maximum absolute atomic E-state index is 10.6. The molecule has 0 unspecified atom stereocenters. The number of rotatable bonds is 2. The zero-order valence-corrected chi connectivity index (χ0v) is 5.87. The van der Waals surface area contributed by atoms with Crippen molar-refractivity contribution in [2.75, 3.05) is 6.54 Å². The third-order valence-corrected chi connectivity index (χ3v) is 1.13. The SMILES string of the molecule is CC(=O)CN1C=CNC=C1. The molecule has 3 nitrogen and oxygen atoms in total. The highest BCUT2D eigenvalue weighted by Gasteiger charge is 1.99. The van der Waals surface area contributed by atoms with Crippen molar-refractivity contribution < 1.29 is 4.79 Å². The average Bonchev–Trinajstić information content (AvgIpc) is 1.88. The molecule has 1 heterocycles. The Morgan fingerprint density at radius 3 is 2.60 bits per heavy atom. The first kappa shape index (κ1) is 6.86. The maximum Gasteiger partial charge on any atom is 0.149 e. The second kappa shape index (κ2) is 3.06. The lowest BCUT2D eigenvalue weighted by Gasteiger charge is -2.15. The summed E-state index contributed by atoms with van der Waals surface area (Å²) in [5.41, 5.74) is 0. The standard InChI is InChI=1S/C7H10N2O/c1-7(10)6-9-4-2-8-3-5-9/h2-5,8H,6H2,1H3. The summed E-state index contributed by atoms with van der Waals surface area (Å²) in [6, 6.07) is 0. The Kier molecular flexibility index (Phi) is 2.10. The predicted octanol–water partition coefficient (Wildman–Crippen LogP) is 0.423. The van der Waals surface area contributed by atoms with Crippen molar-refractivity contribution in [2.24, 2.45) is 0 Å². The van der Waals surface area contributed by atoms with Gasteiger partial charge in [0.2, 0.25) is 0 Å². The second-order valence-corrected chi connectivity index (χ2v) is 2.17. The third kappa shape index (κ3) is 1.93. The van der Waals surface area contributed by atoms with Crippen LogP contribution < -0.4 is 5.32 Å². The molecule has 0 saturated heterocycles. The number of hydrogen-bond donors (Lipinski definition) is 1. The Hall–Kier alpha value is -1.25. The molecule has 0 atom stereocenters. The summed E-state index contributed by atoms with van der Waals surface area (Å²) in [7, 11) is 0. The summed E-state index contributed by atoms with van der Waals surface area (Å²) in [6.45, 7) is 2.03. The molecule has 1 N–H and O–H groups in total. The van der Waals surface area contributed by atoms with Gasteiger partial charge in [-0.15, -0.1) is 0 Å². The molecule has 0 bridgehead atoms. The summed E-state index contributed by atoms with van der Waals surface area (Å²) >= 11 is 0. The zero-order chi connectivity index (χ0) is 7.40. The molecular weight excluding hydrogens is 128 g/mol. The second-order valence-electron chi connectivity index (χ2n) is 2.17. The summed E-state index contributed by atoms with van der Waals surface area (Å²) in [5, 5.41) is 2.87. The molecule has 0 aromatic carbocycles. The van der Waals surface area contributed by atoms with Crippen LogP contribution in [-0.4, -0.2) is 17.2 Å². The van der Waals surface area contributed by atoms with Gasteiger partial charge in [-0.1, -0.05) is 0 Å². The number of hydrogen-bond acceptors (Lipinski definition) is 3. The van der Waals surface area contributed by atoms with E-state index in [1.54, 1.807) is 19.3 Å². The van der Waals surface area contributed by atoms with Crippen LogP contribution >= 0.6 is 0 Å². The molecule has 0 radical (unpaired) electrons. The van der Waals surface area contributed by atoms with Gasteiger partial charge in [0, 0.05) is 24.8 Å². The van der Waals surface area contributed by atoms with Gasteiger partial charge in [0.25, 0.3) is 0 Å². The van der Waals surface area contributed by atoms with E-state index in [1.807, 2.05) is 17.3 Å². The minimum absolute atomic E-state index is 0.163. The Labute approximate surface area is 60.0 Å². The van der Waals surface area contributed by atoms with Crippen molar-refractivity contribution in [3.63, 3.8) is 0 Å². The normalized spacial score (nSPS) is 15.1. The van der Waals surface area contributed by atoms with E-state index in [1.165, 1.54) is 0 Å². The van der Waals surface area contributed by atoms with Crippen molar-refractivity contribution in [3.8, 4) is 0 Å². The van der Waals surface area contributed by atoms with Crippen LogP contribution in [0.1, 0.15) is 6.92 Å². The van der Waals surface area contributed by atoms with Crippen LogP contribution in [0.3, 0.4) is 0 Å². The van der Waals surface area contributed by atoms with Crippen molar-refractivity contribution in [2.45, 2.75) is 6.92 Å². The van der Waals surface area contributed by atoms with Crippen molar-refractivity contribution in [3.05, 3.63) is 24.8 Å². The van der Waals surface area contributed by atoms with Gasteiger partial charge in [-0.2, -0.15) is 0 Å². The van der Waals surface area contributed by atoms with E-state index in [9.17, 15) is 4.79 Å². The zero-order valence-electron chi connectivity index (χ0n) is 5.87. The molecule has 54 valence electrons. The number of carbonyl (C=O) groups excluding carboxylic acids is 1. The van der Waals surface area contributed by atoms with Crippen molar-refractivity contribution in [1.29, 1.82) is 0 Å². The molecule has 0 aliphatic carbocycles. The molecule has 3 heteroatoms. The Balaban J connectivity index is 2.40. The van der Waals surface area contributed by atoms with E-state index in [2.05, 4.69) is 5.32 Å². The molecule has 1 aliphatic rings. The molecule has 0 fully saturated rings. The monoisotopic (exact) mass is 138 g/mol. The fourth-order valence-corrected chi connectivity index (χ4v) is 0.745. The van der Waals surface area contributed by atoms with Gasteiger partial charge in [-0.25, -0.2) is 0 Å². The quantitative estimate of drug-likeness (QED) is 0.600. The van der Waals surface area contributed by atoms with E-state index < -0.39 is 0 Å². The van der Waals surface area contributed by atoms with Crippen LogP contribution in [0.25, 0.3) is 0 Å². The van der Waals surface area contributed by atoms with Crippen LogP contribution in [0, 0.1) is 0 Å². The predicted molar refractivity (Wildman–Crippen MR) is 38.8 cm³/mol. The molecule has 0 spiro atoms. The average molecular weight is 138 g/mol. The highest BCUT2D eigenvalue weighted by atomic mass is 16.1. The minimum Gasteiger partial charge on any atom is -0.365 e. The lowest BCUT2D eigenvalue weighted by Crippen LogP contribution is -2.21. The smallest absolute Gasteiger partial charge is 0.149 e. The molecule has 1 rings (SSSR count). The van der Waals surface area contributed by atoms with Gasteiger partial charge in [0.05, 0.1) is 6.54 Å². The van der Waals surface area contributed by atoms with Gasteiger partial charge in [-0.05, 0) is 6.92 Å².